The summed E-state index contributed by atoms with van der Waals surface area (Å²) in [6.45, 7) is 5.55. The number of carbonyl (C=O) groups excluding carboxylic acids is 4. The van der Waals surface area contributed by atoms with Crippen LogP contribution >= 0.6 is 0 Å². The quantitative estimate of drug-likeness (QED) is 0.222. The first kappa shape index (κ1) is 34.4. The Morgan fingerprint density at radius 1 is 1.00 bits per heavy atom. The maximum absolute atomic E-state index is 13.8. The van der Waals surface area contributed by atoms with E-state index in [1.54, 1.807) is 60.4 Å². The Balaban J connectivity index is 1.87. The summed E-state index contributed by atoms with van der Waals surface area (Å²) in [4.78, 5) is 55.1. The Hall–Kier alpha value is -4.08. The number of aryl methyl sites for hydroxylation is 1. The van der Waals surface area contributed by atoms with Crippen molar-refractivity contribution in [1.29, 1.82) is 0 Å². The van der Waals surface area contributed by atoms with Crippen LogP contribution in [0.2, 0.25) is 0 Å². The predicted molar refractivity (Wildman–Crippen MR) is 166 cm³/mol. The monoisotopic (exact) mass is 610 g/mol. The van der Waals surface area contributed by atoms with E-state index >= 15 is 0 Å². The van der Waals surface area contributed by atoms with Gasteiger partial charge in [0.2, 0.25) is 5.78 Å². The third-order valence-electron chi connectivity index (χ3n) is 8.22. The summed E-state index contributed by atoms with van der Waals surface area (Å²) >= 11 is 0. The molecule has 0 N–H and O–H groups in total. The fraction of sp³-hybridized carbons (Fsp3) is 0.529. The highest BCUT2D eigenvalue weighted by atomic mass is 16.5. The number of amides is 2. The van der Waals surface area contributed by atoms with Crippen molar-refractivity contribution >= 4 is 23.6 Å². The van der Waals surface area contributed by atoms with Crippen LogP contribution in [-0.4, -0.2) is 80.9 Å². The van der Waals surface area contributed by atoms with Gasteiger partial charge < -0.3 is 28.7 Å². The number of hydrogen-bond donors (Lipinski definition) is 0. The molecule has 1 heterocycles. The van der Waals surface area contributed by atoms with Crippen LogP contribution in [-0.2, 0) is 30.3 Å². The summed E-state index contributed by atoms with van der Waals surface area (Å²) in [6, 6.07) is 11.9. The summed E-state index contributed by atoms with van der Waals surface area (Å²) in [5, 5.41) is 0. The molecule has 3 rings (SSSR count). The van der Waals surface area contributed by atoms with Crippen molar-refractivity contribution < 1.29 is 38.1 Å². The maximum atomic E-state index is 13.8. The van der Waals surface area contributed by atoms with Crippen molar-refractivity contribution in [1.82, 2.24) is 9.80 Å². The minimum Gasteiger partial charge on any atom is -0.493 e. The number of nitrogens with zero attached hydrogens (tertiary/aromatic N) is 2. The van der Waals surface area contributed by atoms with E-state index in [4.69, 9.17) is 18.9 Å². The van der Waals surface area contributed by atoms with Crippen molar-refractivity contribution in [3.05, 3.63) is 53.6 Å². The molecule has 0 radical (unpaired) electrons. The molecule has 0 saturated carbocycles. The molecule has 1 fully saturated rings. The topological polar surface area (TPSA) is 112 Å². The Morgan fingerprint density at radius 2 is 1.73 bits per heavy atom. The summed E-state index contributed by atoms with van der Waals surface area (Å²) in [6.07, 6.45) is 2.66. The van der Waals surface area contributed by atoms with Crippen LogP contribution in [0.25, 0.3) is 0 Å². The molecule has 0 bridgehead atoms. The number of rotatable bonds is 14. The highest BCUT2D eigenvalue weighted by Crippen LogP contribution is 2.32. The van der Waals surface area contributed by atoms with Crippen LogP contribution in [0.15, 0.2) is 42.5 Å². The third kappa shape index (κ3) is 8.74. The zero-order valence-electron chi connectivity index (χ0n) is 27.0. The fourth-order valence-electron chi connectivity index (χ4n) is 4.93. The summed E-state index contributed by atoms with van der Waals surface area (Å²) < 4.78 is 22.7. The number of piperidine rings is 1. The van der Waals surface area contributed by atoms with Crippen molar-refractivity contribution in [2.24, 2.45) is 5.41 Å². The van der Waals surface area contributed by atoms with Gasteiger partial charge >= 0.3 is 5.97 Å². The Morgan fingerprint density at radius 3 is 2.39 bits per heavy atom. The van der Waals surface area contributed by atoms with Gasteiger partial charge in [-0.1, -0.05) is 39.0 Å². The van der Waals surface area contributed by atoms with E-state index in [9.17, 15) is 19.2 Å². The lowest BCUT2D eigenvalue weighted by Crippen LogP contribution is -2.53. The van der Waals surface area contributed by atoms with Crippen molar-refractivity contribution in [2.75, 3.05) is 41.5 Å². The molecule has 2 amide bonds. The van der Waals surface area contributed by atoms with E-state index in [1.807, 2.05) is 31.2 Å². The average molecular weight is 611 g/mol. The van der Waals surface area contributed by atoms with Crippen molar-refractivity contribution in [2.45, 2.75) is 71.4 Å². The standard InChI is InChI=1S/C34H46N2O8/c1-8-34(2,3)31(38)32(39)36-19-10-9-14-26(36)33(40)44-27(17-15-23-16-18-28(41-6)29(20-23)42-7)24-12-11-13-25(21-24)43-22-30(37)35(4)5/h11-13,16,18,20-21,26-27H,8-10,14-15,17,19,22H2,1-7H3/t26?,27-/m1/s1. The van der Waals surface area contributed by atoms with Gasteiger partial charge in [0.15, 0.2) is 18.1 Å². The highest BCUT2D eigenvalue weighted by Gasteiger charge is 2.41. The van der Waals surface area contributed by atoms with Gasteiger partial charge in [-0.3, -0.25) is 14.4 Å². The van der Waals surface area contributed by atoms with Gasteiger partial charge in [0.25, 0.3) is 11.8 Å². The van der Waals surface area contributed by atoms with Crippen LogP contribution < -0.4 is 14.2 Å². The summed E-state index contributed by atoms with van der Waals surface area (Å²) in [5.74, 6) is -0.203. The minimum atomic E-state index is -0.853. The van der Waals surface area contributed by atoms with Gasteiger partial charge in [-0.15, -0.1) is 0 Å². The van der Waals surface area contributed by atoms with Crippen molar-refractivity contribution in [3.8, 4) is 17.2 Å². The highest BCUT2D eigenvalue weighted by molar-refractivity contribution is 6.38. The van der Waals surface area contributed by atoms with Crippen LogP contribution in [0.1, 0.15) is 70.1 Å². The third-order valence-corrected chi connectivity index (χ3v) is 8.22. The first-order valence-corrected chi connectivity index (χ1v) is 15.1. The zero-order chi connectivity index (χ0) is 32.4. The predicted octanol–water partition coefficient (Wildman–Crippen LogP) is 4.77. The summed E-state index contributed by atoms with van der Waals surface area (Å²) in [7, 11) is 6.45. The molecular weight excluding hydrogens is 564 g/mol. The molecule has 1 aliphatic heterocycles. The van der Waals surface area contributed by atoms with Crippen molar-refractivity contribution in [3.63, 3.8) is 0 Å². The molecule has 1 unspecified atom stereocenters. The first-order chi connectivity index (χ1) is 20.9. The second kappa shape index (κ2) is 15.6. The van der Waals surface area contributed by atoms with E-state index < -0.39 is 35.2 Å². The number of likely N-dealkylation sites (tertiary alicyclic amines) is 1. The second-order valence-corrected chi connectivity index (χ2v) is 11.9. The number of ketones is 1. The normalized spacial score (nSPS) is 15.6. The van der Waals surface area contributed by atoms with E-state index in [2.05, 4.69) is 0 Å². The zero-order valence-corrected chi connectivity index (χ0v) is 27.0. The van der Waals surface area contributed by atoms with E-state index in [-0.39, 0.29) is 12.5 Å². The number of carbonyl (C=O) groups is 4. The smallest absolute Gasteiger partial charge is 0.329 e. The van der Waals surface area contributed by atoms with Crippen LogP contribution in [0.4, 0.5) is 0 Å². The molecule has 2 aromatic carbocycles. The Kier molecular flexibility index (Phi) is 12.2. The van der Waals surface area contributed by atoms with Gasteiger partial charge in [0, 0.05) is 26.1 Å². The maximum Gasteiger partial charge on any atom is 0.329 e. The van der Waals surface area contributed by atoms with Crippen LogP contribution in [0, 0.1) is 5.41 Å². The fourth-order valence-corrected chi connectivity index (χ4v) is 4.93. The van der Waals surface area contributed by atoms with Crippen LogP contribution in [0.5, 0.6) is 17.2 Å². The molecule has 10 heteroatoms. The molecule has 0 spiro atoms. The number of hydrogen-bond acceptors (Lipinski definition) is 8. The Bertz CT molecular complexity index is 1320. The molecule has 0 aliphatic carbocycles. The number of likely N-dealkylation sites (N-methyl/N-ethyl adjacent to an activating group) is 1. The lowest BCUT2D eigenvalue weighted by atomic mass is 9.84. The Labute approximate surface area is 260 Å². The lowest BCUT2D eigenvalue weighted by molar-refractivity contribution is -0.164. The van der Waals surface area contributed by atoms with E-state index in [1.165, 1.54) is 9.80 Å². The molecule has 10 nitrogen and oxygen atoms in total. The summed E-state index contributed by atoms with van der Waals surface area (Å²) in [5.41, 5.74) is 0.819. The van der Waals surface area contributed by atoms with Crippen LogP contribution in [0.3, 0.4) is 0 Å². The molecule has 44 heavy (non-hydrogen) atoms. The molecule has 0 aromatic heterocycles. The minimum absolute atomic E-state index is 0.131. The molecular formula is C34H46N2O8. The number of methoxy groups -OCH3 is 2. The number of benzene rings is 2. The molecule has 1 saturated heterocycles. The first-order valence-electron chi connectivity index (χ1n) is 15.1. The van der Waals surface area contributed by atoms with E-state index in [0.717, 1.165) is 12.0 Å². The van der Waals surface area contributed by atoms with Gasteiger partial charge in [-0.25, -0.2) is 4.79 Å². The number of ether oxygens (including phenoxy) is 4. The molecule has 2 aromatic rings. The SMILES string of the molecule is CCC(C)(C)C(=O)C(=O)N1CCCCC1C(=O)O[C@H](CCc1ccc(OC)c(OC)c1)c1cccc(OCC(=O)N(C)C)c1. The largest absolute Gasteiger partial charge is 0.493 e. The number of Topliss-reactive ketones (excluding diaryl/α,β-unsaturated/α-hetero) is 1. The van der Waals surface area contributed by atoms with Gasteiger partial charge in [0.05, 0.1) is 14.2 Å². The second-order valence-electron chi connectivity index (χ2n) is 11.9. The number of esters is 1. The van der Waals surface area contributed by atoms with E-state index in [0.29, 0.717) is 61.5 Å². The van der Waals surface area contributed by atoms with Gasteiger partial charge in [0.1, 0.15) is 17.9 Å². The van der Waals surface area contributed by atoms with Gasteiger partial charge in [-0.05, 0) is 73.9 Å². The molecule has 1 aliphatic rings. The average Bonchev–Trinajstić information content (AvgIpc) is 3.04. The molecule has 2 atom stereocenters. The molecule has 240 valence electrons. The lowest BCUT2D eigenvalue weighted by Gasteiger charge is -2.36. The van der Waals surface area contributed by atoms with Gasteiger partial charge in [-0.2, -0.15) is 0 Å².